The van der Waals surface area contributed by atoms with Gasteiger partial charge in [0, 0.05) is 11.4 Å². The number of thiophene rings is 1. The fourth-order valence-corrected chi connectivity index (χ4v) is 3.95. The highest BCUT2D eigenvalue weighted by atomic mass is 35.5. The van der Waals surface area contributed by atoms with Crippen molar-refractivity contribution in [3.63, 3.8) is 0 Å². The molecule has 1 aromatic heterocycles. The molecule has 0 aliphatic carbocycles. The predicted molar refractivity (Wildman–Crippen MR) is 94.8 cm³/mol. The zero-order valence-corrected chi connectivity index (χ0v) is 15.0. The van der Waals surface area contributed by atoms with Gasteiger partial charge < -0.3 is 5.32 Å². The maximum atomic E-state index is 12.8. The number of imide groups is 1. The zero-order valence-electron chi connectivity index (χ0n) is 13.5. The third-order valence-electron chi connectivity index (χ3n) is 4.06. The summed E-state index contributed by atoms with van der Waals surface area (Å²) in [5.74, 6) is -0.241. The Morgan fingerprint density at radius 2 is 1.92 bits per heavy atom. The van der Waals surface area contributed by atoms with Crippen LogP contribution in [-0.4, -0.2) is 35.5 Å². The molecular formula is C17H18ClN3O2S. The molecule has 1 fully saturated rings. The summed E-state index contributed by atoms with van der Waals surface area (Å²) in [6, 6.07) is 12.7. The normalized spacial score (nSPS) is 20.8. The Morgan fingerprint density at radius 3 is 2.54 bits per heavy atom. The molecule has 0 unspecified atom stereocenters. The first-order valence-corrected chi connectivity index (χ1v) is 8.72. The Bertz CT molecular complexity index is 764. The number of urea groups is 1. The van der Waals surface area contributed by atoms with Gasteiger partial charge in [0.2, 0.25) is 0 Å². The largest absolute Gasteiger partial charge is 0.326 e. The van der Waals surface area contributed by atoms with Gasteiger partial charge in [0.25, 0.3) is 5.91 Å². The van der Waals surface area contributed by atoms with Crippen molar-refractivity contribution in [3.05, 3.63) is 57.2 Å². The van der Waals surface area contributed by atoms with E-state index in [1.165, 1.54) is 16.2 Å². The minimum absolute atomic E-state index is 0.225. The molecule has 2 heterocycles. The van der Waals surface area contributed by atoms with Crippen LogP contribution in [0.3, 0.4) is 0 Å². The van der Waals surface area contributed by atoms with E-state index in [4.69, 9.17) is 11.6 Å². The van der Waals surface area contributed by atoms with Crippen LogP contribution in [0.2, 0.25) is 4.34 Å². The van der Waals surface area contributed by atoms with Crippen molar-refractivity contribution in [2.75, 3.05) is 13.7 Å². The minimum atomic E-state index is -1.02. The van der Waals surface area contributed by atoms with Crippen LogP contribution >= 0.6 is 22.9 Å². The number of halogens is 1. The van der Waals surface area contributed by atoms with Gasteiger partial charge in [0.05, 0.1) is 11.0 Å². The molecule has 0 spiro atoms. The Hall–Kier alpha value is -1.89. The molecule has 5 nitrogen and oxygen atoms in total. The van der Waals surface area contributed by atoms with Crippen molar-refractivity contribution in [2.24, 2.45) is 0 Å². The van der Waals surface area contributed by atoms with Crippen LogP contribution in [0.15, 0.2) is 42.5 Å². The average molecular weight is 364 g/mol. The third kappa shape index (κ3) is 3.17. The first kappa shape index (κ1) is 17.0. The van der Waals surface area contributed by atoms with Gasteiger partial charge in [-0.15, -0.1) is 11.3 Å². The molecule has 0 radical (unpaired) electrons. The van der Waals surface area contributed by atoms with E-state index in [9.17, 15) is 9.59 Å². The molecule has 3 amide bonds. The van der Waals surface area contributed by atoms with E-state index in [1.54, 1.807) is 6.92 Å². The van der Waals surface area contributed by atoms with Gasteiger partial charge in [0.15, 0.2) is 0 Å². The van der Waals surface area contributed by atoms with Crippen molar-refractivity contribution in [3.8, 4) is 0 Å². The van der Waals surface area contributed by atoms with E-state index in [2.05, 4.69) is 5.32 Å². The fraction of sp³-hybridized carbons (Fsp3) is 0.294. The number of hydrogen-bond donors (Lipinski definition) is 1. The van der Waals surface area contributed by atoms with Gasteiger partial charge in [-0.25, -0.2) is 9.69 Å². The SMILES string of the molecule is CN(Cc1ccc(Cl)s1)CN1C(=O)N[C@@](C)(c2ccccc2)C1=O. The van der Waals surface area contributed by atoms with E-state index < -0.39 is 5.54 Å². The number of hydrogen-bond acceptors (Lipinski definition) is 4. The van der Waals surface area contributed by atoms with Crippen molar-refractivity contribution in [1.82, 2.24) is 15.1 Å². The van der Waals surface area contributed by atoms with Crippen LogP contribution in [0.25, 0.3) is 0 Å². The monoisotopic (exact) mass is 363 g/mol. The van der Waals surface area contributed by atoms with Gasteiger partial charge >= 0.3 is 6.03 Å². The zero-order chi connectivity index (χ0) is 17.3. The van der Waals surface area contributed by atoms with Crippen molar-refractivity contribution in [1.29, 1.82) is 0 Å². The molecule has 0 bridgehead atoms. The van der Waals surface area contributed by atoms with Gasteiger partial charge in [-0.3, -0.25) is 9.69 Å². The molecule has 1 aromatic carbocycles. The predicted octanol–water partition coefficient (Wildman–Crippen LogP) is 3.26. The lowest BCUT2D eigenvalue weighted by Gasteiger charge is -2.24. The molecular weight excluding hydrogens is 346 g/mol. The van der Waals surface area contributed by atoms with Crippen molar-refractivity contribution in [2.45, 2.75) is 19.0 Å². The molecule has 1 aliphatic rings. The molecule has 7 heteroatoms. The van der Waals surface area contributed by atoms with Gasteiger partial charge in [-0.05, 0) is 31.7 Å². The molecule has 1 aliphatic heterocycles. The highest BCUT2D eigenvalue weighted by Gasteiger charge is 2.49. The van der Waals surface area contributed by atoms with Crippen LogP contribution < -0.4 is 5.32 Å². The molecule has 1 saturated heterocycles. The number of benzene rings is 1. The number of carbonyl (C=O) groups excluding carboxylic acids is 2. The van der Waals surface area contributed by atoms with E-state index in [1.807, 2.05) is 54.4 Å². The average Bonchev–Trinajstić information content (AvgIpc) is 3.05. The van der Waals surface area contributed by atoms with E-state index >= 15 is 0 Å². The lowest BCUT2D eigenvalue weighted by Crippen LogP contribution is -2.42. The summed E-state index contributed by atoms with van der Waals surface area (Å²) in [5.41, 5.74) is -0.246. The van der Waals surface area contributed by atoms with Gasteiger partial charge in [0.1, 0.15) is 5.54 Å². The second-order valence-corrected chi connectivity index (χ2v) is 7.82. The number of amides is 3. The molecule has 1 N–H and O–H groups in total. The third-order valence-corrected chi connectivity index (χ3v) is 5.28. The first-order valence-electron chi connectivity index (χ1n) is 7.52. The molecule has 3 rings (SSSR count). The topological polar surface area (TPSA) is 52.6 Å². The molecule has 24 heavy (non-hydrogen) atoms. The summed E-state index contributed by atoms with van der Waals surface area (Å²) in [6.07, 6.45) is 0. The highest BCUT2D eigenvalue weighted by molar-refractivity contribution is 7.16. The van der Waals surface area contributed by atoms with Crippen LogP contribution in [0.4, 0.5) is 4.79 Å². The van der Waals surface area contributed by atoms with Crippen LogP contribution in [-0.2, 0) is 16.9 Å². The molecule has 126 valence electrons. The van der Waals surface area contributed by atoms with E-state index in [0.717, 1.165) is 14.8 Å². The second-order valence-electron chi connectivity index (χ2n) is 6.02. The number of carbonyl (C=O) groups is 2. The van der Waals surface area contributed by atoms with E-state index in [-0.39, 0.29) is 18.6 Å². The second kappa shape index (κ2) is 6.55. The van der Waals surface area contributed by atoms with Crippen LogP contribution in [0, 0.1) is 0 Å². The summed E-state index contributed by atoms with van der Waals surface area (Å²) >= 11 is 7.43. The maximum Gasteiger partial charge on any atom is 0.326 e. The van der Waals surface area contributed by atoms with Crippen LogP contribution in [0.1, 0.15) is 17.4 Å². The van der Waals surface area contributed by atoms with E-state index in [0.29, 0.717) is 6.54 Å². The highest BCUT2D eigenvalue weighted by Crippen LogP contribution is 2.29. The lowest BCUT2D eigenvalue weighted by atomic mass is 9.92. The Morgan fingerprint density at radius 1 is 1.21 bits per heavy atom. The minimum Gasteiger partial charge on any atom is -0.319 e. The molecule has 0 saturated carbocycles. The summed E-state index contributed by atoms with van der Waals surface area (Å²) in [6.45, 7) is 2.58. The summed E-state index contributed by atoms with van der Waals surface area (Å²) < 4.78 is 0.727. The molecule has 1 atom stereocenters. The summed E-state index contributed by atoms with van der Waals surface area (Å²) in [4.78, 5) is 29.4. The Labute approximate surface area is 149 Å². The lowest BCUT2D eigenvalue weighted by molar-refractivity contribution is -0.132. The quantitative estimate of drug-likeness (QED) is 0.829. The number of rotatable bonds is 5. The first-order chi connectivity index (χ1) is 11.4. The van der Waals surface area contributed by atoms with Crippen molar-refractivity contribution >= 4 is 34.9 Å². The summed E-state index contributed by atoms with van der Waals surface area (Å²) in [7, 11) is 1.87. The van der Waals surface area contributed by atoms with Gasteiger partial charge in [-0.2, -0.15) is 0 Å². The number of nitrogens with one attached hydrogen (secondary N) is 1. The van der Waals surface area contributed by atoms with Crippen molar-refractivity contribution < 1.29 is 9.59 Å². The van der Waals surface area contributed by atoms with Gasteiger partial charge in [-0.1, -0.05) is 41.9 Å². The summed E-state index contributed by atoms with van der Waals surface area (Å²) in [5, 5.41) is 2.81. The Kier molecular flexibility index (Phi) is 4.62. The Balaban J connectivity index is 1.72. The molecule has 2 aromatic rings. The van der Waals surface area contributed by atoms with Crippen LogP contribution in [0.5, 0.6) is 0 Å². The number of nitrogens with zero attached hydrogens (tertiary/aromatic N) is 2. The fourth-order valence-electron chi connectivity index (χ4n) is 2.79. The maximum absolute atomic E-state index is 12.8. The standard InChI is InChI=1S/C17H18ClN3O2S/c1-17(12-6-4-3-5-7-12)15(22)21(16(23)19-17)11-20(2)10-13-8-9-14(18)24-13/h3-9H,10-11H2,1-2H3,(H,19,23)/t17-/m0/s1. The smallest absolute Gasteiger partial charge is 0.319 e.